The topological polar surface area (TPSA) is 42.0 Å². The summed E-state index contributed by atoms with van der Waals surface area (Å²) in [6, 6.07) is 14.6. The molecule has 0 aliphatic carbocycles. The van der Waals surface area contributed by atoms with Crippen LogP contribution in [0.25, 0.3) is 0 Å². The molecule has 0 radical (unpaired) electrons. The Hall–Kier alpha value is -2.53. The molecule has 1 spiro atoms. The molecule has 0 bridgehead atoms. The fraction of sp³-hybridized carbons (Fsp3) is 0.458. The van der Waals surface area contributed by atoms with Gasteiger partial charge in [-0.25, -0.2) is 0 Å². The summed E-state index contributed by atoms with van der Waals surface area (Å²) in [7, 11) is 0. The summed E-state index contributed by atoms with van der Waals surface area (Å²) in [5, 5.41) is 0. The Balaban J connectivity index is 1.52. The van der Waals surface area contributed by atoms with Crippen LogP contribution in [0.3, 0.4) is 0 Å². The van der Waals surface area contributed by atoms with E-state index in [9.17, 15) is 4.79 Å². The molecule has 152 valence electrons. The number of amides is 1. The zero-order valence-corrected chi connectivity index (χ0v) is 17.0. The third-order valence-corrected chi connectivity index (χ3v) is 6.50. The number of nitrogens with zero attached hydrogens (tertiary/aromatic N) is 2. The lowest BCUT2D eigenvalue weighted by Crippen LogP contribution is -2.42. The highest BCUT2D eigenvalue weighted by Gasteiger charge is 2.56. The fourth-order valence-electron chi connectivity index (χ4n) is 4.93. The molecule has 1 fully saturated rings. The van der Waals surface area contributed by atoms with Crippen molar-refractivity contribution in [2.45, 2.75) is 31.6 Å². The molecule has 3 heterocycles. The average Bonchev–Trinajstić information content (AvgIpc) is 3.27. The number of hydrogen-bond donors (Lipinski definition) is 0. The van der Waals surface area contributed by atoms with Crippen LogP contribution < -0.4 is 14.5 Å². The number of rotatable bonds is 5. The number of benzene rings is 2. The molecule has 3 aliphatic rings. The van der Waals surface area contributed by atoms with Crippen LogP contribution in [-0.2, 0) is 14.9 Å². The number of unbranched alkanes of at least 4 members (excludes halogenated alkanes) is 2. The Kier molecular flexibility index (Phi) is 4.70. The second-order valence-electron chi connectivity index (χ2n) is 8.15. The van der Waals surface area contributed by atoms with Crippen molar-refractivity contribution in [3.63, 3.8) is 0 Å². The van der Waals surface area contributed by atoms with Crippen molar-refractivity contribution in [3.8, 4) is 5.75 Å². The molecule has 1 saturated heterocycles. The molecule has 29 heavy (non-hydrogen) atoms. The molecule has 1 amide bonds. The van der Waals surface area contributed by atoms with E-state index in [2.05, 4.69) is 42.2 Å². The van der Waals surface area contributed by atoms with E-state index in [1.165, 1.54) is 0 Å². The lowest BCUT2D eigenvalue weighted by molar-refractivity contribution is -0.122. The van der Waals surface area contributed by atoms with Crippen LogP contribution in [-0.4, -0.2) is 45.4 Å². The van der Waals surface area contributed by atoms with Gasteiger partial charge in [0.15, 0.2) is 0 Å². The van der Waals surface area contributed by atoms with Gasteiger partial charge in [-0.15, -0.1) is 0 Å². The summed E-state index contributed by atoms with van der Waals surface area (Å²) in [6.45, 7) is 6.62. The summed E-state index contributed by atoms with van der Waals surface area (Å²) >= 11 is 0. The highest BCUT2D eigenvalue weighted by Crippen LogP contribution is 2.52. The van der Waals surface area contributed by atoms with E-state index in [0.717, 1.165) is 80.4 Å². The van der Waals surface area contributed by atoms with Crippen molar-refractivity contribution in [1.29, 1.82) is 0 Å². The Bertz CT molecular complexity index is 922. The molecular formula is C24H28N2O3. The number of carbonyl (C=O) groups is 1. The van der Waals surface area contributed by atoms with E-state index in [1.54, 1.807) is 0 Å². The van der Waals surface area contributed by atoms with E-state index in [0.29, 0.717) is 6.61 Å². The molecule has 0 aromatic heterocycles. The monoisotopic (exact) mass is 392 g/mol. The lowest BCUT2D eigenvalue weighted by Gasteiger charge is -2.29. The molecule has 5 rings (SSSR count). The molecule has 5 nitrogen and oxygen atoms in total. The number of ether oxygens (including phenoxy) is 2. The average molecular weight is 392 g/mol. The molecule has 1 unspecified atom stereocenters. The second-order valence-corrected chi connectivity index (χ2v) is 8.15. The minimum absolute atomic E-state index is 0.160. The lowest BCUT2D eigenvalue weighted by atomic mass is 9.77. The van der Waals surface area contributed by atoms with Crippen molar-refractivity contribution in [1.82, 2.24) is 0 Å². The van der Waals surface area contributed by atoms with Gasteiger partial charge in [0.1, 0.15) is 17.8 Å². The summed E-state index contributed by atoms with van der Waals surface area (Å²) < 4.78 is 11.6. The van der Waals surface area contributed by atoms with E-state index in [-0.39, 0.29) is 5.91 Å². The maximum Gasteiger partial charge on any atom is 0.245 e. The maximum atomic E-state index is 13.7. The zero-order valence-electron chi connectivity index (χ0n) is 17.0. The zero-order chi connectivity index (χ0) is 19.8. The SMILES string of the molecule is CCCCCN1C(=O)C2(COc3cc(N4CCOCC4)ccc32)c2ccccc21. The summed E-state index contributed by atoms with van der Waals surface area (Å²) in [4.78, 5) is 18.1. The van der Waals surface area contributed by atoms with Crippen LogP contribution in [0.2, 0.25) is 0 Å². The highest BCUT2D eigenvalue weighted by molar-refractivity contribution is 6.11. The minimum Gasteiger partial charge on any atom is -0.491 e. The number of anilines is 2. The molecule has 3 aliphatic heterocycles. The third-order valence-electron chi connectivity index (χ3n) is 6.50. The predicted molar refractivity (Wildman–Crippen MR) is 114 cm³/mol. The van der Waals surface area contributed by atoms with Crippen LogP contribution in [0.5, 0.6) is 5.75 Å². The van der Waals surface area contributed by atoms with Gasteiger partial charge in [-0.3, -0.25) is 4.79 Å². The largest absolute Gasteiger partial charge is 0.491 e. The quantitative estimate of drug-likeness (QED) is 0.727. The summed E-state index contributed by atoms with van der Waals surface area (Å²) in [6.07, 6.45) is 3.30. The maximum absolute atomic E-state index is 13.7. The molecular weight excluding hydrogens is 364 g/mol. The number of para-hydroxylation sites is 1. The third kappa shape index (κ3) is 2.83. The first-order valence-electron chi connectivity index (χ1n) is 10.8. The first kappa shape index (κ1) is 18.5. The van der Waals surface area contributed by atoms with Crippen LogP contribution in [0.15, 0.2) is 42.5 Å². The standard InChI is InChI=1S/C24H28N2O3/c1-2-3-6-11-26-21-8-5-4-7-19(21)24(23(26)27)17-29-22-16-18(9-10-20(22)24)25-12-14-28-15-13-25/h4-5,7-10,16H,2-3,6,11-15,17H2,1H3. The van der Waals surface area contributed by atoms with Crippen LogP contribution in [0.1, 0.15) is 37.3 Å². The number of carbonyl (C=O) groups excluding carboxylic acids is 1. The number of morpholine rings is 1. The van der Waals surface area contributed by atoms with Gasteiger partial charge in [-0.2, -0.15) is 0 Å². The second kappa shape index (κ2) is 7.38. The van der Waals surface area contributed by atoms with Gasteiger partial charge >= 0.3 is 0 Å². The Morgan fingerprint density at radius 3 is 2.69 bits per heavy atom. The van der Waals surface area contributed by atoms with E-state index in [4.69, 9.17) is 9.47 Å². The van der Waals surface area contributed by atoms with Crippen molar-refractivity contribution >= 4 is 17.3 Å². The van der Waals surface area contributed by atoms with Crippen molar-refractivity contribution < 1.29 is 14.3 Å². The van der Waals surface area contributed by atoms with E-state index < -0.39 is 5.41 Å². The van der Waals surface area contributed by atoms with Crippen LogP contribution in [0.4, 0.5) is 11.4 Å². The van der Waals surface area contributed by atoms with Gasteiger partial charge in [0, 0.05) is 42.6 Å². The molecule has 2 aromatic carbocycles. The van der Waals surface area contributed by atoms with Gasteiger partial charge in [0.2, 0.25) is 5.91 Å². The Labute approximate surface area is 172 Å². The smallest absolute Gasteiger partial charge is 0.245 e. The molecule has 5 heteroatoms. The molecule has 0 saturated carbocycles. The van der Waals surface area contributed by atoms with Crippen LogP contribution >= 0.6 is 0 Å². The van der Waals surface area contributed by atoms with Crippen molar-refractivity contribution in [2.75, 3.05) is 49.3 Å². The molecule has 1 atom stereocenters. The highest BCUT2D eigenvalue weighted by atomic mass is 16.5. The minimum atomic E-state index is -0.707. The first-order valence-corrected chi connectivity index (χ1v) is 10.8. The van der Waals surface area contributed by atoms with Gasteiger partial charge in [-0.05, 0) is 24.1 Å². The number of fused-ring (bicyclic) bond motifs is 4. The Morgan fingerprint density at radius 2 is 1.86 bits per heavy atom. The van der Waals surface area contributed by atoms with Crippen molar-refractivity contribution in [2.24, 2.45) is 0 Å². The fourth-order valence-corrected chi connectivity index (χ4v) is 4.93. The van der Waals surface area contributed by atoms with Gasteiger partial charge in [-0.1, -0.05) is 44.0 Å². The number of hydrogen-bond acceptors (Lipinski definition) is 4. The summed E-state index contributed by atoms with van der Waals surface area (Å²) in [5.41, 5.74) is 3.57. The first-order chi connectivity index (χ1) is 14.3. The molecule has 0 N–H and O–H groups in total. The van der Waals surface area contributed by atoms with E-state index in [1.807, 2.05) is 17.0 Å². The normalized spacial score (nSPS) is 22.7. The Morgan fingerprint density at radius 1 is 1.03 bits per heavy atom. The van der Waals surface area contributed by atoms with Crippen molar-refractivity contribution in [3.05, 3.63) is 53.6 Å². The van der Waals surface area contributed by atoms with E-state index >= 15 is 0 Å². The van der Waals surface area contributed by atoms with Gasteiger partial charge in [0.25, 0.3) is 0 Å². The summed E-state index contributed by atoms with van der Waals surface area (Å²) in [5.74, 6) is 1.00. The van der Waals surface area contributed by atoms with Gasteiger partial charge in [0.05, 0.1) is 13.2 Å². The molecule has 2 aromatic rings. The van der Waals surface area contributed by atoms with Crippen LogP contribution in [0, 0.1) is 0 Å². The predicted octanol–water partition coefficient (Wildman–Crippen LogP) is 3.74. The van der Waals surface area contributed by atoms with Gasteiger partial charge < -0.3 is 19.3 Å².